The number of pyridine rings is 1. The van der Waals surface area contributed by atoms with E-state index in [-0.39, 0.29) is 21.9 Å². The van der Waals surface area contributed by atoms with Crippen molar-refractivity contribution in [1.29, 1.82) is 0 Å². The van der Waals surface area contributed by atoms with Crippen LogP contribution in [0.3, 0.4) is 0 Å². The second-order valence-corrected chi connectivity index (χ2v) is 8.70. The van der Waals surface area contributed by atoms with Gasteiger partial charge in [-0.05, 0) is 33.8 Å². The fourth-order valence-corrected chi connectivity index (χ4v) is 4.12. The Morgan fingerprint density at radius 2 is 1.75 bits per heavy atom. The zero-order valence-electron chi connectivity index (χ0n) is 12.1. The van der Waals surface area contributed by atoms with Gasteiger partial charge in [0.25, 0.3) is 0 Å². The fraction of sp³-hybridized carbons (Fsp3) is 0.615. The van der Waals surface area contributed by atoms with Crippen molar-refractivity contribution in [3.63, 3.8) is 0 Å². The quantitative estimate of drug-likeness (QED) is 0.702. The van der Waals surface area contributed by atoms with E-state index in [0.29, 0.717) is 17.6 Å². The molecule has 0 aliphatic rings. The van der Waals surface area contributed by atoms with E-state index in [0.717, 1.165) is 0 Å². The summed E-state index contributed by atoms with van der Waals surface area (Å²) in [5, 5.41) is 0.253. The Balaban J connectivity index is 3.17. The predicted molar refractivity (Wildman–Crippen MR) is 85.4 cm³/mol. The van der Waals surface area contributed by atoms with Crippen LogP contribution >= 0.6 is 27.5 Å². The number of sulfonamides is 1. The van der Waals surface area contributed by atoms with Gasteiger partial charge in [-0.2, -0.15) is 4.31 Å². The first kappa shape index (κ1) is 17.9. The van der Waals surface area contributed by atoms with Gasteiger partial charge < -0.3 is 0 Å². The average Bonchev–Trinajstić information content (AvgIpc) is 2.30. The molecule has 4 nitrogen and oxygen atoms in total. The van der Waals surface area contributed by atoms with Crippen molar-refractivity contribution in [2.24, 2.45) is 11.8 Å². The lowest BCUT2D eigenvalue weighted by Gasteiger charge is -2.25. The lowest BCUT2D eigenvalue weighted by Crippen LogP contribution is -2.37. The van der Waals surface area contributed by atoms with Gasteiger partial charge in [0.15, 0.2) is 0 Å². The van der Waals surface area contributed by atoms with Crippen molar-refractivity contribution in [3.05, 3.63) is 21.9 Å². The molecule has 0 saturated carbocycles. The molecule has 0 spiro atoms. The summed E-state index contributed by atoms with van der Waals surface area (Å²) in [7, 11) is -3.55. The molecule has 0 aromatic carbocycles. The molecule has 0 aliphatic heterocycles. The van der Waals surface area contributed by atoms with Crippen LogP contribution in [0.1, 0.15) is 27.7 Å². The van der Waals surface area contributed by atoms with Crippen molar-refractivity contribution in [2.45, 2.75) is 32.6 Å². The van der Waals surface area contributed by atoms with E-state index < -0.39 is 10.0 Å². The van der Waals surface area contributed by atoms with E-state index in [2.05, 4.69) is 20.9 Å². The molecule has 1 heterocycles. The molecule has 20 heavy (non-hydrogen) atoms. The molecular weight excluding hydrogens is 364 g/mol. The smallest absolute Gasteiger partial charge is 0.242 e. The monoisotopic (exact) mass is 382 g/mol. The SMILES string of the molecule is CC(C)CN(CC(C)C)S(=O)(=O)c1cnc(Cl)c(Br)c1. The number of aromatic nitrogens is 1. The van der Waals surface area contributed by atoms with Gasteiger partial charge >= 0.3 is 0 Å². The molecule has 0 atom stereocenters. The van der Waals surface area contributed by atoms with E-state index in [1.54, 1.807) is 0 Å². The molecule has 0 unspecified atom stereocenters. The van der Waals surface area contributed by atoms with Crippen molar-refractivity contribution >= 4 is 37.6 Å². The van der Waals surface area contributed by atoms with E-state index in [1.165, 1.54) is 16.6 Å². The van der Waals surface area contributed by atoms with Crippen LogP contribution in [0.4, 0.5) is 0 Å². The maximum absolute atomic E-state index is 12.7. The second-order valence-electron chi connectivity index (χ2n) is 5.55. The van der Waals surface area contributed by atoms with E-state index in [1.807, 2.05) is 27.7 Å². The van der Waals surface area contributed by atoms with Crippen LogP contribution in [-0.4, -0.2) is 30.8 Å². The molecule has 0 N–H and O–H groups in total. The summed E-state index contributed by atoms with van der Waals surface area (Å²) in [6.07, 6.45) is 1.30. The summed E-state index contributed by atoms with van der Waals surface area (Å²) in [5.41, 5.74) is 0. The highest BCUT2D eigenvalue weighted by atomic mass is 79.9. The van der Waals surface area contributed by atoms with Crippen LogP contribution in [0.2, 0.25) is 5.15 Å². The largest absolute Gasteiger partial charge is 0.244 e. The molecule has 114 valence electrons. The average molecular weight is 384 g/mol. The molecule has 1 aromatic rings. The molecule has 0 radical (unpaired) electrons. The number of hydrogen-bond donors (Lipinski definition) is 0. The van der Waals surface area contributed by atoms with Crippen molar-refractivity contribution < 1.29 is 8.42 Å². The van der Waals surface area contributed by atoms with Gasteiger partial charge in [0.1, 0.15) is 10.0 Å². The number of hydrogen-bond acceptors (Lipinski definition) is 3. The third-order valence-electron chi connectivity index (χ3n) is 2.55. The summed E-state index contributed by atoms with van der Waals surface area (Å²) in [5.74, 6) is 0.513. The Hall–Kier alpha value is -0.170. The van der Waals surface area contributed by atoms with Crippen LogP contribution < -0.4 is 0 Å². The number of rotatable bonds is 6. The molecule has 0 aliphatic carbocycles. The Morgan fingerprint density at radius 1 is 1.25 bits per heavy atom. The Kier molecular flexibility index (Phi) is 6.44. The highest BCUT2D eigenvalue weighted by molar-refractivity contribution is 9.10. The van der Waals surface area contributed by atoms with E-state index in [4.69, 9.17) is 11.6 Å². The summed E-state index contributed by atoms with van der Waals surface area (Å²) >= 11 is 9.02. The van der Waals surface area contributed by atoms with Gasteiger partial charge in [-0.25, -0.2) is 13.4 Å². The molecule has 0 saturated heterocycles. The van der Waals surface area contributed by atoms with Crippen LogP contribution in [-0.2, 0) is 10.0 Å². The normalized spacial score (nSPS) is 12.7. The Labute approximate surface area is 134 Å². The fourth-order valence-electron chi connectivity index (χ4n) is 1.78. The van der Waals surface area contributed by atoms with Gasteiger partial charge in [0.05, 0.1) is 4.47 Å². The van der Waals surface area contributed by atoms with Crippen LogP contribution in [0.15, 0.2) is 21.6 Å². The molecular formula is C13H20BrClN2O2S. The zero-order valence-corrected chi connectivity index (χ0v) is 15.3. The van der Waals surface area contributed by atoms with E-state index >= 15 is 0 Å². The lowest BCUT2D eigenvalue weighted by atomic mass is 10.2. The topological polar surface area (TPSA) is 50.3 Å². The van der Waals surface area contributed by atoms with E-state index in [9.17, 15) is 8.42 Å². The standard InChI is InChI=1S/C13H20BrClN2O2S/c1-9(2)7-17(8-10(3)4)20(18,19)11-5-12(14)13(15)16-6-11/h5-6,9-10H,7-8H2,1-4H3. The van der Waals surface area contributed by atoms with Gasteiger partial charge in [-0.1, -0.05) is 39.3 Å². The summed E-state index contributed by atoms with van der Waals surface area (Å²) in [4.78, 5) is 4.06. The van der Waals surface area contributed by atoms with Crippen LogP contribution in [0.5, 0.6) is 0 Å². The molecule has 0 amide bonds. The third kappa shape index (κ3) is 4.69. The highest BCUT2D eigenvalue weighted by Gasteiger charge is 2.26. The predicted octanol–water partition coefficient (Wildman–Crippen LogP) is 3.80. The van der Waals surface area contributed by atoms with Crippen molar-refractivity contribution in [1.82, 2.24) is 9.29 Å². The first-order valence-corrected chi connectivity index (χ1v) is 9.07. The molecule has 0 fully saturated rings. The maximum Gasteiger partial charge on any atom is 0.244 e. The van der Waals surface area contributed by atoms with Crippen molar-refractivity contribution in [2.75, 3.05) is 13.1 Å². The van der Waals surface area contributed by atoms with Gasteiger partial charge in [0, 0.05) is 19.3 Å². The van der Waals surface area contributed by atoms with Gasteiger partial charge in [0.2, 0.25) is 10.0 Å². The molecule has 1 aromatic heterocycles. The third-order valence-corrected chi connectivity index (χ3v) is 5.48. The van der Waals surface area contributed by atoms with Gasteiger partial charge in [-0.15, -0.1) is 0 Å². The summed E-state index contributed by atoms with van der Waals surface area (Å²) < 4.78 is 27.4. The van der Waals surface area contributed by atoms with Crippen LogP contribution in [0.25, 0.3) is 0 Å². The zero-order chi connectivity index (χ0) is 15.5. The minimum absolute atomic E-state index is 0.162. The Morgan fingerprint density at radius 3 is 2.15 bits per heavy atom. The maximum atomic E-state index is 12.7. The first-order chi connectivity index (χ1) is 9.14. The minimum atomic E-state index is -3.55. The minimum Gasteiger partial charge on any atom is -0.242 e. The molecule has 1 rings (SSSR count). The number of nitrogens with zero attached hydrogens (tertiary/aromatic N) is 2. The number of halogens is 2. The summed E-state index contributed by atoms with van der Waals surface area (Å²) in [6, 6.07) is 1.50. The van der Waals surface area contributed by atoms with Crippen molar-refractivity contribution in [3.8, 4) is 0 Å². The summed E-state index contributed by atoms with van der Waals surface area (Å²) in [6.45, 7) is 8.97. The first-order valence-electron chi connectivity index (χ1n) is 6.45. The molecule has 7 heteroatoms. The second kappa shape index (κ2) is 7.20. The lowest BCUT2D eigenvalue weighted by molar-refractivity contribution is 0.333. The van der Waals surface area contributed by atoms with Gasteiger partial charge in [-0.3, -0.25) is 0 Å². The Bertz CT molecular complexity index is 551. The highest BCUT2D eigenvalue weighted by Crippen LogP contribution is 2.25. The van der Waals surface area contributed by atoms with Crippen LogP contribution in [0, 0.1) is 11.8 Å². The molecule has 0 bridgehead atoms.